The minimum Gasteiger partial charge on any atom is -0.414 e. The lowest BCUT2D eigenvalue weighted by Gasteiger charge is -2.51. The fourth-order valence-electron chi connectivity index (χ4n) is 5.79. The molecule has 1 aromatic carbocycles. The Morgan fingerprint density at radius 3 is 2.10 bits per heavy atom. The average molecular weight is 575 g/mol. The number of rotatable bonds is 7. The maximum absolute atomic E-state index is 13.1. The Kier molecular flexibility index (Phi) is 8.99. The molecular weight excluding hydrogens is 531 g/mol. The number of benzene rings is 1. The predicted octanol–water partition coefficient (Wildman–Crippen LogP) is 5.74. The maximum atomic E-state index is 13.1. The van der Waals surface area contributed by atoms with Gasteiger partial charge < -0.3 is 23.0 Å². The fourth-order valence-corrected chi connectivity index (χ4v) is 17.0. The van der Waals surface area contributed by atoms with E-state index >= 15 is 0 Å². The van der Waals surface area contributed by atoms with E-state index in [0.717, 1.165) is 0 Å². The van der Waals surface area contributed by atoms with Crippen molar-refractivity contribution in [2.45, 2.75) is 102 Å². The number of fused-ring (bicyclic) bond motifs is 1. The zero-order valence-corrected chi connectivity index (χ0v) is 26.3. The van der Waals surface area contributed by atoms with Gasteiger partial charge in [0.1, 0.15) is 18.1 Å². The van der Waals surface area contributed by atoms with Gasteiger partial charge in [-0.1, -0.05) is 73.6 Å². The second-order valence-corrected chi connectivity index (χ2v) is 20.7. The predicted molar refractivity (Wildman–Crippen MR) is 155 cm³/mol. The third-order valence-corrected chi connectivity index (χ3v) is 18.2. The van der Waals surface area contributed by atoms with E-state index in [4.69, 9.17) is 17.7 Å². The monoisotopic (exact) mass is 574 g/mol. The number of amides is 1. The number of nitrogens with zero attached hydrogens (tertiary/aromatic N) is 2. The van der Waals surface area contributed by atoms with Gasteiger partial charge in [-0.15, -0.1) is 0 Å². The smallest absolute Gasteiger partial charge is 0.351 e. The molecule has 9 nitrogen and oxygen atoms in total. The van der Waals surface area contributed by atoms with Gasteiger partial charge in [0, 0.05) is 18.2 Å². The van der Waals surface area contributed by atoms with Gasteiger partial charge in [-0.05, 0) is 40.4 Å². The lowest BCUT2D eigenvalue weighted by Crippen LogP contribution is -2.65. The van der Waals surface area contributed by atoms with Gasteiger partial charge >= 0.3 is 22.8 Å². The lowest BCUT2D eigenvalue weighted by atomic mass is 10.2. The van der Waals surface area contributed by atoms with E-state index in [9.17, 15) is 9.59 Å². The van der Waals surface area contributed by atoms with Crippen molar-refractivity contribution in [3.8, 4) is 0 Å². The molecule has 2 fully saturated rings. The van der Waals surface area contributed by atoms with E-state index in [1.165, 1.54) is 4.57 Å². The molecule has 39 heavy (non-hydrogen) atoms. The van der Waals surface area contributed by atoms with Crippen molar-refractivity contribution >= 4 is 28.8 Å². The Morgan fingerprint density at radius 1 is 0.923 bits per heavy atom. The highest BCUT2D eigenvalue weighted by atomic mass is 28.5. The van der Waals surface area contributed by atoms with Crippen LogP contribution in [0.15, 0.2) is 47.4 Å². The standard InChI is InChI=1S/C28H43N3O6Si2/c1-18(2)38(19(3)4)34-17-24-23(36-39(37-38,20(5)6)21(7)8)16-26(35-24)31-15-14-25(30-28(31)33)29-27(32)22-12-10-9-11-13-22/h9-15,18-21,23-24,26H,16-17H2,1-8H3,(H,29,30,32,33)/t23-,24+,26+/m0/s1/i17+1. The molecule has 214 valence electrons. The molecule has 1 N–H and O–H groups in total. The minimum atomic E-state index is -2.76. The van der Waals surface area contributed by atoms with Crippen molar-refractivity contribution in [1.82, 2.24) is 9.55 Å². The van der Waals surface area contributed by atoms with Crippen LogP contribution in [0.25, 0.3) is 0 Å². The Morgan fingerprint density at radius 2 is 1.54 bits per heavy atom. The van der Waals surface area contributed by atoms with Crippen LogP contribution in [0.2, 0.25) is 22.2 Å². The zero-order chi connectivity index (χ0) is 28.5. The molecule has 3 heterocycles. The summed E-state index contributed by atoms with van der Waals surface area (Å²) in [6.45, 7) is 17.9. The highest BCUT2D eigenvalue weighted by Crippen LogP contribution is 2.48. The molecule has 2 saturated heterocycles. The molecule has 0 bridgehead atoms. The Bertz CT molecular complexity index is 1190. The third-order valence-electron chi connectivity index (χ3n) is 7.95. The average Bonchev–Trinajstić information content (AvgIpc) is 3.25. The number of anilines is 1. The quantitative estimate of drug-likeness (QED) is 0.332. The molecule has 11 heteroatoms. The molecule has 0 unspecified atom stereocenters. The maximum Gasteiger partial charge on any atom is 0.351 e. The SMILES string of the molecule is CC(C)[Si]1(C(C)C)O[13CH2][C@H]2O[C@@H](n3ccc(NC(=O)c4ccccc4)nc3=O)C[C@@H]2O[Si](C(C)C)(C(C)C)O1. The molecule has 0 aliphatic carbocycles. The first kappa shape index (κ1) is 29.8. The molecule has 4 rings (SSSR count). The molecule has 0 radical (unpaired) electrons. The van der Waals surface area contributed by atoms with Crippen LogP contribution in [0.1, 0.15) is 78.4 Å². The van der Waals surface area contributed by atoms with E-state index in [1.54, 1.807) is 36.5 Å². The first-order valence-electron chi connectivity index (χ1n) is 14.0. The Balaban J connectivity index is 1.59. The normalized spacial score (nSPS) is 24.6. The molecule has 1 aromatic heterocycles. The first-order chi connectivity index (χ1) is 18.4. The molecule has 3 atom stereocenters. The van der Waals surface area contributed by atoms with Crippen LogP contribution in [0, 0.1) is 0 Å². The third kappa shape index (κ3) is 5.84. The van der Waals surface area contributed by atoms with Crippen LogP contribution < -0.4 is 11.0 Å². The summed E-state index contributed by atoms with van der Waals surface area (Å²) < 4.78 is 29.0. The summed E-state index contributed by atoms with van der Waals surface area (Å²) >= 11 is 0. The molecule has 0 saturated carbocycles. The molecule has 2 aromatic rings. The molecular formula is C28H43N3O6Si2. The number of carbonyl (C=O) groups excluding carboxylic acids is 1. The number of nitrogens with one attached hydrogen (secondary N) is 1. The van der Waals surface area contributed by atoms with Gasteiger partial charge in [0.2, 0.25) is 0 Å². The van der Waals surface area contributed by atoms with Crippen molar-refractivity contribution in [1.29, 1.82) is 0 Å². The van der Waals surface area contributed by atoms with Crippen LogP contribution in [0.5, 0.6) is 0 Å². The number of carbonyl (C=O) groups is 1. The van der Waals surface area contributed by atoms with Gasteiger partial charge in [0.05, 0.1) is 12.7 Å². The summed E-state index contributed by atoms with van der Waals surface area (Å²) in [7, 11) is -5.43. The van der Waals surface area contributed by atoms with Gasteiger partial charge in [-0.3, -0.25) is 9.36 Å². The van der Waals surface area contributed by atoms with E-state index < -0.39 is 29.0 Å². The highest BCUT2D eigenvalue weighted by Gasteiger charge is 2.60. The van der Waals surface area contributed by atoms with E-state index in [-0.39, 0.29) is 46.1 Å². The number of hydrogen-bond donors (Lipinski definition) is 1. The summed E-state index contributed by atoms with van der Waals surface area (Å²) in [4.78, 5) is 29.7. The van der Waals surface area contributed by atoms with E-state index in [2.05, 4.69) is 65.7 Å². The second-order valence-electron chi connectivity index (χ2n) is 11.8. The Labute approximate surface area is 233 Å². The van der Waals surface area contributed by atoms with Crippen molar-refractivity contribution < 1.29 is 22.5 Å². The molecule has 2 aliphatic rings. The largest absolute Gasteiger partial charge is 0.414 e. The van der Waals surface area contributed by atoms with Crippen molar-refractivity contribution in [3.05, 3.63) is 58.6 Å². The van der Waals surface area contributed by atoms with Crippen LogP contribution in [-0.4, -0.2) is 51.4 Å². The number of hydrogen-bond acceptors (Lipinski definition) is 7. The van der Waals surface area contributed by atoms with E-state index in [0.29, 0.717) is 18.6 Å². The van der Waals surface area contributed by atoms with Crippen molar-refractivity contribution in [2.75, 3.05) is 11.9 Å². The fraction of sp³-hybridized carbons (Fsp3) is 0.607. The summed E-state index contributed by atoms with van der Waals surface area (Å²) in [5.41, 5.74) is 0.889. The van der Waals surface area contributed by atoms with Gasteiger partial charge in [0.25, 0.3) is 5.91 Å². The summed E-state index contributed by atoms with van der Waals surface area (Å²) in [6, 6.07) is 10.4. The first-order valence-corrected chi connectivity index (χ1v) is 18.0. The van der Waals surface area contributed by atoms with Crippen molar-refractivity contribution in [3.63, 3.8) is 0 Å². The summed E-state index contributed by atoms with van der Waals surface area (Å²) in [5, 5.41) is 2.69. The minimum absolute atomic E-state index is 0.192. The second kappa shape index (κ2) is 11.8. The topological polar surface area (TPSA) is 101 Å². The molecule has 0 spiro atoms. The van der Waals surface area contributed by atoms with E-state index in [1.807, 2.05) is 6.07 Å². The highest BCUT2D eigenvalue weighted by molar-refractivity contribution is 6.83. The van der Waals surface area contributed by atoms with Crippen LogP contribution in [-0.2, 0) is 17.7 Å². The van der Waals surface area contributed by atoms with Gasteiger partial charge in [-0.2, -0.15) is 4.98 Å². The van der Waals surface area contributed by atoms with Crippen molar-refractivity contribution in [2.24, 2.45) is 0 Å². The van der Waals surface area contributed by atoms with Crippen LogP contribution >= 0.6 is 0 Å². The number of ether oxygens (including phenoxy) is 1. The van der Waals surface area contributed by atoms with Crippen LogP contribution in [0.4, 0.5) is 5.82 Å². The molecule has 2 aliphatic heterocycles. The number of aromatic nitrogens is 2. The summed E-state index contributed by atoms with van der Waals surface area (Å²) in [6.07, 6.45) is 0.967. The van der Waals surface area contributed by atoms with Gasteiger partial charge in [0.15, 0.2) is 0 Å². The van der Waals surface area contributed by atoms with Crippen LogP contribution in [0.3, 0.4) is 0 Å². The molecule has 1 amide bonds. The zero-order valence-electron chi connectivity index (χ0n) is 24.3. The Hall–Kier alpha value is -2.16. The summed E-state index contributed by atoms with van der Waals surface area (Å²) in [5.74, 6) is -0.133. The lowest BCUT2D eigenvalue weighted by molar-refractivity contribution is -0.0565. The van der Waals surface area contributed by atoms with Gasteiger partial charge in [-0.25, -0.2) is 4.79 Å².